The molecule has 0 saturated heterocycles. The highest BCUT2D eigenvalue weighted by molar-refractivity contribution is 9.10. The van der Waals surface area contributed by atoms with Gasteiger partial charge < -0.3 is 19.7 Å². The molecule has 7 heteroatoms. The molecule has 1 N–H and O–H groups in total. The number of likely N-dealkylation sites (N-methyl/N-ethyl adjacent to an activating group) is 1. The van der Waals surface area contributed by atoms with Crippen molar-refractivity contribution < 1.29 is 19.1 Å². The molecule has 0 fully saturated rings. The van der Waals surface area contributed by atoms with Crippen molar-refractivity contribution >= 4 is 27.7 Å². The highest BCUT2D eigenvalue weighted by Gasteiger charge is 2.29. The summed E-state index contributed by atoms with van der Waals surface area (Å²) in [5.41, 5.74) is 2.94. The summed E-state index contributed by atoms with van der Waals surface area (Å²) >= 11 is 3.51. The number of hydrogen-bond donors (Lipinski definition) is 1. The monoisotopic (exact) mass is 536 g/mol. The van der Waals surface area contributed by atoms with Gasteiger partial charge in [0.2, 0.25) is 11.8 Å². The zero-order chi connectivity index (χ0) is 24.6. The van der Waals surface area contributed by atoms with Gasteiger partial charge in [-0.1, -0.05) is 64.5 Å². The van der Waals surface area contributed by atoms with E-state index in [1.54, 1.807) is 11.9 Å². The lowest BCUT2D eigenvalue weighted by atomic mass is 10.0. The summed E-state index contributed by atoms with van der Waals surface area (Å²) < 4.78 is 12.2. The fraction of sp³-hybridized carbons (Fsp3) is 0.286. The van der Waals surface area contributed by atoms with E-state index in [0.717, 1.165) is 26.9 Å². The van der Waals surface area contributed by atoms with Crippen LogP contribution in [0.15, 0.2) is 77.3 Å². The maximum atomic E-state index is 13.6. The molecule has 0 aliphatic carbocycles. The third-order valence-corrected chi connectivity index (χ3v) is 6.49. The molecule has 182 valence electrons. The number of amides is 2. The Morgan fingerprint density at radius 3 is 2.40 bits per heavy atom. The molecule has 0 spiro atoms. The zero-order valence-corrected chi connectivity index (χ0v) is 21.3. The van der Waals surface area contributed by atoms with Crippen LogP contribution in [0.25, 0.3) is 0 Å². The Kier molecular flexibility index (Phi) is 8.42. The lowest BCUT2D eigenvalue weighted by molar-refractivity contribution is -0.141. The average Bonchev–Trinajstić information content (AvgIpc) is 2.89. The fourth-order valence-electron chi connectivity index (χ4n) is 4.19. The Hall–Kier alpha value is -3.32. The van der Waals surface area contributed by atoms with E-state index >= 15 is 0 Å². The van der Waals surface area contributed by atoms with Gasteiger partial charge in [0.25, 0.3) is 0 Å². The third kappa shape index (κ3) is 6.63. The molecule has 1 aliphatic heterocycles. The summed E-state index contributed by atoms with van der Waals surface area (Å²) in [5, 5.41) is 2.75. The van der Waals surface area contributed by atoms with Crippen LogP contribution in [0.2, 0.25) is 0 Å². The van der Waals surface area contributed by atoms with E-state index in [-0.39, 0.29) is 18.2 Å². The van der Waals surface area contributed by atoms with Gasteiger partial charge in [0.05, 0.1) is 0 Å². The first-order valence-electron chi connectivity index (χ1n) is 11.7. The van der Waals surface area contributed by atoms with Crippen LogP contribution >= 0.6 is 15.9 Å². The van der Waals surface area contributed by atoms with Gasteiger partial charge in [-0.2, -0.15) is 0 Å². The highest BCUT2D eigenvalue weighted by atomic mass is 79.9. The Morgan fingerprint density at radius 2 is 1.66 bits per heavy atom. The number of rotatable bonds is 9. The quantitative estimate of drug-likeness (QED) is 0.436. The summed E-state index contributed by atoms with van der Waals surface area (Å²) in [7, 11) is 1.61. The second-order valence-corrected chi connectivity index (χ2v) is 9.37. The molecule has 1 heterocycles. The summed E-state index contributed by atoms with van der Waals surface area (Å²) in [6.45, 7) is 1.39. The minimum Gasteiger partial charge on any atom is -0.486 e. The lowest BCUT2D eigenvalue weighted by Gasteiger charge is -2.31. The summed E-state index contributed by atoms with van der Waals surface area (Å²) in [6, 6.07) is 22.7. The molecule has 0 radical (unpaired) electrons. The van der Waals surface area contributed by atoms with Crippen LogP contribution in [-0.4, -0.2) is 43.0 Å². The van der Waals surface area contributed by atoms with E-state index in [1.807, 2.05) is 72.8 Å². The SMILES string of the molecule is CNC(=O)C(Cc1ccccc1)N(Cc1cccc(Br)c1)C(=O)CCc1ccc2c(c1)OCCO2. The van der Waals surface area contributed by atoms with Crippen LogP contribution in [0.1, 0.15) is 23.1 Å². The Morgan fingerprint density at radius 1 is 0.914 bits per heavy atom. The number of carbonyl (C=O) groups excluding carboxylic acids is 2. The maximum Gasteiger partial charge on any atom is 0.242 e. The van der Waals surface area contributed by atoms with Crippen molar-refractivity contribution in [2.45, 2.75) is 31.8 Å². The molecule has 35 heavy (non-hydrogen) atoms. The van der Waals surface area contributed by atoms with E-state index in [2.05, 4.69) is 21.2 Å². The number of nitrogens with one attached hydrogen (secondary N) is 1. The Bertz CT molecular complexity index is 1170. The number of benzene rings is 3. The van der Waals surface area contributed by atoms with Crippen molar-refractivity contribution in [2.24, 2.45) is 0 Å². The molecule has 1 aliphatic rings. The number of fused-ring (bicyclic) bond motifs is 1. The number of carbonyl (C=O) groups is 2. The largest absolute Gasteiger partial charge is 0.486 e. The number of nitrogens with zero attached hydrogens (tertiary/aromatic N) is 1. The van der Waals surface area contributed by atoms with Gasteiger partial charge in [-0.25, -0.2) is 0 Å². The van der Waals surface area contributed by atoms with Crippen LogP contribution in [0.4, 0.5) is 0 Å². The molecular formula is C28H29BrN2O4. The van der Waals surface area contributed by atoms with Gasteiger partial charge in [-0.3, -0.25) is 9.59 Å². The average molecular weight is 537 g/mol. The predicted octanol–water partition coefficient (Wildman–Crippen LogP) is 4.54. The van der Waals surface area contributed by atoms with Crippen molar-refractivity contribution in [3.63, 3.8) is 0 Å². The van der Waals surface area contributed by atoms with Crippen molar-refractivity contribution in [1.29, 1.82) is 0 Å². The van der Waals surface area contributed by atoms with E-state index in [0.29, 0.717) is 38.3 Å². The molecule has 4 rings (SSSR count). The summed E-state index contributed by atoms with van der Waals surface area (Å²) in [4.78, 5) is 28.3. The number of hydrogen-bond acceptors (Lipinski definition) is 4. The minimum atomic E-state index is -0.630. The Labute approximate surface area is 214 Å². The second-order valence-electron chi connectivity index (χ2n) is 8.45. The van der Waals surface area contributed by atoms with Crippen LogP contribution in [0.5, 0.6) is 11.5 Å². The predicted molar refractivity (Wildman–Crippen MR) is 138 cm³/mol. The van der Waals surface area contributed by atoms with Crippen molar-refractivity contribution in [1.82, 2.24) is 10.2 Å². The molecule has 1 unspecified atom stereocenters. The highest BCUT2D eigenvalue weighted by Crippen LogP contribution is 2.31. The first-order valence-corrected chi connectivity index (χ1v) is 12.5. The molecule has 0 bridgehead atoms. The van der Waals surface area contributed by atoms with Crippen molar-refractivity contribution in [3.05, 3.63) is 94.0 Å². The van der Waals surface area contributed by atoms with Crippen LogP contribution < -0.4 is 14.8 Å². The van der Waals surface area contributed by atoms with Gasteiger partial charge in [-0.15, -0.1) is 0 Å². The van der Waals surface area contributed by atoms with Crippen molar-refractivity contribution in [2.75, 3.05) is 20.3 Å². The Balaban J connectivity index is 1.56. The summed E-state index contributed by atoms with van der Waals surface area (Å²) in [5.74, 6) is 1.17. The third-order valence-electron chi connectivity index (χ3n) is 5.99. The lowest BCUT2D eigenvalue weighted by Crippen LogP contribution is -2.49. The molecule has 1 atom stereocenters. The molecule has 0 saturated carbocycles. The molecule has 2 amide bonds. The van der Waals surface area contributed by atoms with E-state index in [4.69, 9.17) is 9.47 Å². The number of halogens is 1. The standard InChI is InChI=1S/C28H29BrN2O4/c1-30-28(33)24(17-20-6-3-2-4-7-20)31(19-22-8-5-9-23(29)16-22)27(32)13-11-21-10-12-25-26(18-21)35-15-14-34-25/h2-10,12,16,18,24H,11,13-15,17,19H2,1H3,(H,30,33). The maximum absolute atomic E-state index is 13.6. The van der Waals surface area contributed by atoms with E-state index in [1.165, 1.54) is 0 Å². The van der Waals surface area contributed by atoms with Gasteiger partial charge in [0.1, 0.15) is 19.3 Å². The molecule has 6 nitrogen and oxygen atoms in total. The van der Waals surface area contributed by atoms with Gasteiger partial charge in [0, 0.05) is 30.9 Å². The number of ether oxygens (including phenoxy) is 2. The first kappa shape index (κ1) is 24.8. The van der Waals surface area contributed by atoms with Gasteiger partial charge >= 0.3 is 0 Å². The van der Waals surface area contributed by atoms with Crippen LogP contribution in [0, 0.1) is 0 Å². The minimum absolute atomic E-state index is 0.0793. The molecule has 3 aromatic rings. The molecular weight excluding hydrogens is 508 g/mol. The van der Waals surface area contributed by atoms with Crippen LogP contribution in [-0.2, 0) is 29.0 Å². The van der Waals surface area contributed by atoms with Crippen molar-refractivity contribution in [3.8, 4) is 11.5 Å². The van der Waals surface area contributed by atoms with Gasteiger partial charge in [0.15, 0.2) is 11.5 Å². The van der Waals surface area contributed by atoms with Gasteiger partial charge in [-0.05, 0) is 47.4 Å². The first-order chi connectivity index (χ1) is 17.0. The molecule has 0 aromatic heterocycles. The smallest absolute Gasteiger partial charge is 0.242 e. The normalized spacial score (nSPS) is 13.1. The topological polar surface area (TPSA) is 67.9 Å². The van der Waals surface area contributed by atoms with Crippen LogP contribution in [0.3, 0.4) is 0 Å². The molecule has 3 aromatic carbocycles. The zero-order valence-electron chi connectivity index (χ0n) is 19.7. The summed E-state index contributed by atoms with van der Waals surface area (Å²) in [6.07, 6.45) is 1.25. The number of aryl methyl sites for hydroxylation is 1. The van der Waals surface area contributed by atoms with E-state index in [9.17, 15) is 9.59 Å². The second kappa shape index (κ2) is 11.9. The van der Waals surface area contributed by atoms with E-state index < -0.39 is 6.04 Å². The fourth-order valence-corrected chi connectivity index (χ4v) is 4.64.